The third-order valence-corrected chi connectivity index (χ3v) is 5.85. The molecule has 0 unspecified atom stereocenters. The highest BCUT2D eigenvalue weighted by Crippen LogP contribution is 2.43. The van der Waals surface area contributed by atoms with Crippen molar-refractivity contribution in [3.63, 3.8) is 0 Å². The lowest BCUT2D eigenvalue weighted by molar-refractivity contribution is 0.0692. The average molecular weight is 306 g/mol. The molecule has 0 aliphatic heterocycles. The van der Waals surface area contributed by atoms with Gasteiger partial charge in [-0.15, -0.1) is 47.0 Å². The van der Waals surface area contributed by atoms with Gasteiger partial charge in [0.05, 0.1) is 5.56 Å². The molecule has 0 fully saturated rings. The first kappa shape index (κ1) is 15.1. The predicted octanol–water partition coefficient (Wildman–Crippen LogP) is 4.27. The highest BCUT2D eigenvalue weighted by Gasteiger charge is 2.20. The maximum Gasteiger partial charge on any atom is 0.336 e. The van der Waals surface area contributed by atoms with Crippen molar-refractivity contribution in [2.24, 2.45) is 0 Å². The number of benzene rings is 1. The molecule has 0 radical (unpaired) electrons. The molecular weight excluding hydrogens is 292 g/mol. The molecule has 17 heavy (non-hydrogen) atoms. The van der Waals surface area contributed by atoms with Crippen LogP contribution in [0.5, 0.6) is 0 Å². The fraction of sp³-hybridized carbons (Fsp3) is 0.364. The first-order valence-electron chi connectivity index (χ1n) is 4.70. The summed E-state index contributed by atoms with van der Waals surface area (Å²) in [6.07, 6.45) is 7.91. The Balaban J connectivity index is 3.60. The molecule has 0 bridgehead atoms. The van der Waals surface area contributed by atoms with Gasteiger partial charge in [0.15, 0.2) is 0 Å². The second kappa shape index (κ2) is 6.87. The molecule has 0 aliphatic rings. The average Bonchev–Trinajstić information content (AvgIpc) is 2.35. The lowest BCUT2D eigenvalue weighted by Gasteiger charge is -2.16. The monoisotopic (exact) mass is 306 g/mol. The molecule has 0 spiro atoms. The van der Waals surface area contributed by atoms with Crippen LogP contribution in [0.15, 0.2) is 25.6 Å². The SMILES string of the molecule is CSc1cc(C(=O)O)c(SC)c(SC)c1SC. The van der Waals surface area contributed by atoms with E-state index < -0.39 is 5.97 Å². The summed E-state index contributed by atoms with van der Waals surface area (Å²) < 4.78 is 0. The molecule has 0 heterocycles. The largest absolute Gasteiger partial charge is 0.478 e. The van der Waals surface area contributed by atoms with Crippen molar-refractivity contribution in [2.75, 3.05) is 25.0 Å². The summed E-state index contributed by atoms with van der Waals surface area (Å²) in [5.41, 5.74) is 0.406. The number of thioether (sulfide) groups is 4. The van der Waals surface area contributed by atoms with Crippen molar-refractivity contribution < 1.29 is 9.90 Å². The van der Waals surface area contributed by atoms with E-state index in [0.717, 1.165) is 14.7 Å². The fourth-order valence-electron chi connectivity index (χ4n) is 1.49. The van der Waals surface area contributed by atoms with Gasteiger partial charge in [0.25, 0.3) is 0 Å². The molecule has 1 aromatic carbocycles. The van der Waals surface area contributed by atoms with Crippen LogP contribution in [0.4, 0.5) is 0 Å². The van der Waals surface area contributed by atoms with Crippen LogP contribution in [0.3, 0.4) is 0 Å². The molecule has 1 rings (SSSR count). The van der Waals surface area contributed by atoms with Crippen LogP contribution in [-0.2, 0) is 0 Å². The van der Waals surface area contributed by atoms with Crippen LogP contribution in [-0.4, -0.2) is 36.1 Å². The van der Waals surface area contributed by atoms with E-state index in [4.69, 9.17) is 0 Å². The normalized spacial score (nSPS) is 10.6. The molecular formula is C11H14O2S4. The molecule has 0 amide bonds. The predicted molar refractivity (Wildman–Crippen MR) is 80.5 cm³/mol. The molecule has 1 N–H and O–H groups in total. The highest BCUT2D eigenvalue weighted by atomic mass is 32.2. The van der Waals surface area contributed by atoms with Crippen LogP contribution in [0.1, 0.15) is 10.4 Å². The van der Waals surface area contributed by atoms with Crippen molar-refractivity contribution >= 4 is 53.0 Å². The van der Waals surface area contributed by atoms with Gasteiger partial charge in [-0.1, -0.05) is 0 Å². The molecule has 0 aromatic heterocycles. The summed E-state index contributed by atoms with van der Waals surface area (Å²) in [4.78, 5) is 15.4. The van der Waals surface area contributed by atoms with Gasteiger partial charge in [-0.25, -0.2) is 4.79 Å². The number of carboxylic acids is 1. The van der Waals surface area contributed by atoms with Gasteiger partial charge < -0.3 is 5.11 Å². The summed E-state index contributed by atoms with van der Waals surface area (Å²) in [5, 5.41) is 9.26. The lowest BCUT2D eigenvalue weighted by Crippen LogP contribution is -2.02. The minimum atomic E-state index is -0.854. The van der Waals surface area contributed by atoms with Crippen LogP contribution < -0.4 is 0 Å². The first-order chi connectivity index (χ1) is 8.10. The molecule has 0 atom stereocenters. The van der Waals surface area contributed by atoms with E-state index >= 15 is 0 Å². The number of carbonyl (C=O) groups is 1. The van der Waals surface area contributed by atoms with Crippen LogP contribution in [0, 0.1) is 0 Å². The summed E-state index contributed by atoms with van der Waals surface area (Å²) in [7, 11) is 0. The van der Waals surface area contributed by atoms with Crippen LogP contribution in [0.2, 0.25) is 0 Å². The molecule has 0 saturated heterocycles. The zero-order valence-corrected chi connectivity index (χ0v) is 13.3. The van der Waals surface area contributed by atoms with Crippen LogP contribution in [0.25, 0.3) is 0 Å². The molecule has 1 aromatic rings. The Morgan fingerprint density at radius 2 is 1.47 bits per heavy atom. The molecule has 94 valence electrons. The second-order valence-electron chi connectivity index (χ2n) is 3.03. The fourth-order valence-corrected chi connectivity index (χ4v) is 5.44. The Morgan fingerprint density at radius 1 is 0.941 bits per heavy atom. The van der Waals surface area contributed by atoms with Gasteiger partial charge >= 0.3 is 5.97 Å². The van der Waals surface area contributed by atoms with E-state index in [1.165, 1.54) is 16.7 Å². The van der Waals surface area contributed by atoms with Gasteiger partial charge in [-0.3, -0.25) is 0 Å². The number of aromatic carboxylic acids is 1. The smallest absolute Gasteiger partial charge is 0.336 e. The third kappa shape index (κ3) is 3.10. The molecule has 6 heteroatoms. The zero-order valence-electron chi connectivity index (χ0n) is 10.1. The number of carboxylic acid groups (broad SMARTS) is 1. The topological polar surface area (TPSA) is 37.3 Å². The summed E-state index contributed by atoms with van der Waals surface area (Å²) in [6, 6.07) is 1.78. The van der Waals surface area contributed by atoms with Gasteiger partial charge in [-0.2, -0.15) is 0 Å². The quantitative estimate of drug-likeness (QED) is 0.819. The van der Waals surface area contributed by atoms with E-state index in [9.17, 15) is 9.90 Å². The van der Waals surface area contributed by atoms with E-state index in [-0.39, 0.29) is 0 Å². The van der Waals surface area contributed by atoms with Crippen molar-refractivity contribution in [1.82, 2.24) is 0 Å². The van der Waals surface area contributed by atoms with E-state index in [2.05, 4.69) is 0 Å². The van der Waals surface area contributed by atoms with E-state index in [1.54, 1.807) is 41.4 Å². The Bertz CT molecular complexity index is 432. The molecule has 0 saturated carbocycles. The second-order valence-corrected chi connectivity index (χ2v) is 6.33. The minimum Gasteiger partial charge on any atom is -0.478 e. The van der Waals surface area contributed by atoms with Gasteiger partial charge in [-0.05, 0) is 31.1 Å². The summed E-state index contributed by atoms with van der Waals surface area (Å²) in [5.74, 6) is -0.854. The van der Waals surface area contributed by atoms with E-state index in [1.807, 2.05) is 25.0 Å². The van der Waals surface area contributed by atoms with Crippen molar-refractivity contribution in [3.05, 3.63) is 11.6 Å². The first-order valence-corrected chi connectivity index (χ1v) is 9.60. The minimum absolute atomic E-state index is 0.406. The zero-order chi connectivity index (χ0) is 13.0. The maximum absolute atomic E-state index is 11.3. The molecule has 2 nitrogen and oxygen atoms in total. The number of hydrogen-bond acceptors (Lipinski definition) is 5. The third-order valence-electron chi connectivity index (χ3n) is 2.22. The summed E-state index contributed by atoms with van der Waals surface area (Å²) >= 11 is 6.38. The van der Waals surface area contributed by atoms with Crippen molar-refractivity contribution in [1.29, 1.82) is 0 Å². The number of hydrogen-bond donors (Lipinski definition) is 1. The Kier molecular flexibility index (Phi) is 6.12. The van der Waals surface area contributed by atoms with Gasteiger partial charge in [0.1, 0.15) is 0 Å². The van der Waals surface area contributed by atoms with E-state index in [0.29, 0.717) is 5.56 Å². The number of rotatable bonds is 5. The Labute approximate surface area is 119 Å². The van der Waals surface area contributed by atoms with Gasteiger partial charge in [0, 0.05) is 19.6 Å². The van der Waals surface area contributed by atoms with Crippen LogP contribution >= 0.6 is 47.0 Å². The highest BCUT2D eigenvalue weighted by molar-refractivity contribution is 8.04. The maximum atomic E-state index is 11.3. The molecule has 0 aliphatic carbocycles. The summed E-state index contributed by atoms with van der Waals surface area (Å²) in [6.45, 7) is 0. The lowest BCUT2D eigenvalue weighted by atomic mass is 10.2. The Hall–Kier alpha value is 0.0900. The van der Waals surface area contributed by atoms with Crippen molar-refractivity contribution in [2.45, 2.75) is 19.6 Å². The standard InChI is InChI=1S/C11H14O2S4/c1-14-7-5-6(11(12)13)8(15-2)10(17-4)9(7)16-3/h5H,1-4H3,(H,12,13). The Morgan fingerprint density at radius 3 is 1.82 bits per heavy atom. The van der Waals surface area contributed by atoms with Gasteiger partial charge in [0.2, 0.25) is 0 Å². The van der Waals surface area contributed by atoms with Crippen molar-refractivity contribution in [3.8, 4) is 0 Å².